The first kappa shape index (κ1) is 18.0. The van der Waals surface area contributed by atoms with Crippen molar-refractivity contribution in [1.29, 1.82) is 0 Å². The van der Waals surface area contributed by atoms with Gasteiger partial charge in [0.05, 0.1) is 5.60 Å². The quantitative estimate of drug-likeness (QED) is 0.812. The van der Waals surface area contributed by atoms with Gasteiger partial charge < -0.3 is 14.5 Å². The molecule has 0 bridgehead atoms. The molecular weight excluding hydrogens is 324 g/mol. The van der Waals surface area contributed by atoms with Crippen molar-refractivity contribution in [2.45, 2.75) is 69.1 Å². The maximum atomic E-state index is 12.6. The Kier molecular flexibility index (Phi) is 4.83. The van der Waals surface area contributed by atoms with Crippen molar-refractivity contribution in [2.75, 3.05) is 26.7 Å². The number of rotatable bonds is 5. The van der Waals surface area contributed by atoms with E-state index in [2.05, 4.69) is 54.1 Å². The fourth-order valence-corrected chi connectivity index (χ4v) is 4.85. The molecule has 4 nitrogen and oxygen atoms in total. The Morgan fingerprint density at radius 2 is 1.85 bits per heavy atom. The molecule has 1 heterocycles. The molecule has 0 radical (unpaired) electrons. The molecule has 0 unspecified atom stereocenters. The number of benzene rings is 1. The van der Waals surface area contributed by atoms with Crippen molar-refractivity contribution in [1.82, 2.24) is 9.80 Å². The Balaban J connectivity index is 1.33. The highest BCUT2D eigenvalue weighted by Crippen LogP contribution is 2.51. The van der Waals surface area contributed by atoms with Crippen molar-refractivity contribution in [3.05, 3.63) is 35.9 Å². The van der Waals surface area contributed by atoms with Gasteiger partial charge in [-0.15, -0.1) is 0 Å². The summed E-state index contributed by atoms with van der Waals surface area (Å²) in [6.45, 7) is 4.80. The number of likely N-dealkylation sites (N-methyl/N-ethyl adjacent to an activating group) is 2. The van der Waals surface area contributed by atoms with Crippen LogP contribution in [0.4, 0.5) is 0 Å². The first-order chi connectivity index (χ1) is 12.6. The zero-order chi connectivity index (χ0) is 18.2. The SMILES string of the molecule is CCN1C[C@]2(CC[C@@H](N(C)CCc3ccccc3)CC2)OC2(CC2)C1=O. The molecule has 3 aliphatic rings. The summed E-state index contributed by atoms with van der Waals surface area (Å²) in [6.07, 6.45) is 7.46. The van der Waals surface area contributed by atoms with Gasteiger partial charge in [-0.25, -0.2) is 0 Å². The van der Waals surface area contributed by atoms with Gasteiger partial charge in [-0.1, -0.05) is 30.3 Å². The summed E-state index contributed by atoms with van der Waals surface area (Å²) in [5.74, 6) is 0.243. The van der Waals surface area contributed by atoms with Crippen molar-refractivity contribution < 1.29 is 9.53 Å². The van der Waals surface area contributed by atoms with Crippen LogP contribution in [0.25, 0.3) is 0 Å². The van der Waals surface area contributed by atoms with Gasteiger partial charge in [0.1, 0.15) is 5.60 Å². The predicted molar refractivity (Wildman–Crippen MR) is 103 cm³/mol. The van der Waals surface area contributed by atoms with Gasteiger partial charge in [0.2, 0.25) is 0 Å². The standard InChI is InChI=1S/C22H32N2O2/c1-3-24-17-21(26-22(14-15-22)20(24)25)12-9-19(10-13-21)23(2)16-11-18-7-5-4-6-8-18/h4-8,19H,3,9-17H2,1-2H3/t19-,21-. The molecule has 3 fully saturated rings. The Hall–Kier alpha value is -1.39. The molecule has 2 saturated carbocycles. The average molecular weight is 357 g/mol. The lowest BCUT2D eigenvalue weighted by Gasteiger charge is -2.50. The van der Waals surface area contributed by atoms with E-state index in [4.69, 9.17) is 4.74 Å². The number of hydrogen-bond donors (Lipinski definition) is 0. The van der Waals surface area contributed by atoms with Crippen LogP contribution in [0.3, 0.4) is 0 Å². The van der Waals surface area contributed by atoms with Crippen LogP contribution in [0.2, 0.25) is 0 Å². The maximum absolute atomic E-state index is 12.6. The van der Waals surface area contributed by atoms with Crippen LogP contribution < -0.4 is 0 Å². The van der Waals surface area contributed by atoms with E-state index in [9.17, 15) is 4.79 Å². The van der Waals surface area contributed by atoms with Gasteiger partial charge >= 0.3 is 0 Å². The third kappa shape index (κ3) is 3.41. The van der Waals surface area contributed by atoms with E-state index in [1.807, 2.05) is 0 Å². The molecule has 4 rings (SSSR count). The largest absolute Gasteiger partial charge is 0.357 e. The minimum absolute atomic E-state index is 0.0861. The zero-order valence-corrected chi connectivity index (χ0v) is 16.2. The Bertz CT molecular complexity index is 633. The van der Waals surface area contributed by atoms with E-state index in [0.29, 0.717) is 6.04 Å². The number of ether oxygens (including phenoxy) is 1. The van der Waals surface area contributed by atoms with E-state index in [0.717, 1.165) is 51.7 Å². The van der Waals surface area contributed by atoms with Crippen LogP contribution in [0.15, 0.2) is 30.3 Å². The smallest absolute Gasteiger partial charge is 0.254 e. The van der Waals surface area contributed by atoms with Gasteiger partial charge in [0.15, 0.2) is 0 Å². The molecule has 1 aliphatic heterocycles. The summed E-state index contributed by atoms with van der Waals surface area (Å²) in [5, 5.41) is 0. The van der Waals surface area contributed by atoms with Gasteiger partial charge in [0.25, 0.3) is 5.91 Å². The summed E-state index contributed by atoms with van der Waals surface area (Å²) in [4.78, 5) is 17.1. The van der Waals surface area contributed by atoms with Gasteiger partial charge in [-0.2, -0.15) is 0 Å². The third-order valence-electron chi connectivity index (χ3n) is 6.74. The van der Waals surface area contributed by atoms with Crippen LogP contribution in [-0.4, -0.2) is 59.6 Å². The van der Waals surface area contributed by atoms with E-state index in [-0.39, 0.29) is 11.5 Å². The highest BCUT2D eigenvalue weighted by molar-refractivity contribution is 5.89. The van der Waals surface area contributed by atoms with E-state index in [1.54, 1.807) is 0 Å². The number of nitrogens with zero attached hydrogens (tertiary/aromatic N) is 2. The number of morpholine rings is 1. The topological polar surface area (TPSA) is 32.8 Å². The Morgan fingerprint density at radius 3 is 2.46 bits per heavy atom. The molecule has 1 aromatic carbocycles. The fourth-order valence-electron chi connectivity index (χ4n) is 4.85. The van der Waals surface area contributed by atoms with Gasteiger partial charge in [0, 0.05) is 25.7 Å². The van der Waals surface area contributed by atoms with Crippen LogP contribution >= 0.6 is 0 Å². The fraction of sp³-hybridized carbons (Fsp3) is 0.682. The van der Waals surface area contributed by atoms with Crippen molar-refractivity contribution in [3.63, 3.8) is 0 Å². The number of hydrogen-bond acceptors (Lipinski definition) is 3. The Morgan fingerprint density at radius 1 is 1.15 bits per heavy atom. The molecule has 0 N–H and O–H groups in total. The molecule has 2 spiro atoms. The number of carbonyl (C=O) groups is 1. The first-order valence-electron chi connectivity index (χ1n) is 10.3. The predicted octanol–water partition coefficient (Wildman–Crippen LogP) is 3.25. The second-order valence-corrected chi connectivity index (χ2v) is 8.55. The van der Waals surface area contributed by atoms with Crippen LogP contribution in [-0.2, 0) is 16.0 Å². The third-order valence-corrected chi connectivity index (χ3v) is 6.74. The lowest BCUT2D eigenvalue weighted by molar-refractivity contribution is -0.199. The lowest BCUT2D eigenvalue weighted by Crippen LogP contribution is -2.61. The molecular formula is C22H32N2O2. The van der Waals surface area contributed by atoms with E-state index < -0.39 is 5.60 Å². The van der Waals surface area contributed by atoms with Crippen LogP contribution in [0.5, 0.6) is 0 Å². The molecule has 4 heteroatoms. The van der Waals surface area contributed by atoms with Gasteiger partial charge in [-0.05, 0) is 64.5 Å². The van der Waals surface area contributed by atoms with Gasteiger partial charge in [-0.3, -0.25) is 4.79 Å². The molecule has 0 aromatic heterocycles. The summed E-state index contributed by atoms with van der Waals surface area (Å²) in [6, 6.07) is 11.4. The molecule has 142 valence electrons. The monoisotopic (exact) mass is 356 g/mol. The summed E-state index contributed by atoms with van der Waals surface area (Å²) >= 11 is 0. The number of amides is 1. The molecule has 1 aromatic rings. The van der Waals surface area contributed by atoms with Crippen molar-refractivity contribution in [2.24, 2.45) is 0 Å². The molecule has 0 atom stereocenters. The van der Waals surface area contributed by atoms with Crippen LogP contribution in [0, 0.1) is 0 Å². The first-order valence-corrected chi connectivity index (χ1v) is 10.3. The summed E-state index contributed by atoms with van der Waals surface area (Å²) in [7, 11) is 2.26. The minimum atomic E-state index is -0.444. The van der Waals surface area contributed by atoms with E-state index in [1.165, 1.54) is 18.4 Å². The summed E-state index contributed by atoms with van der Waals surface area (Å²) in [5.41, 5.74) is 0.882. The zero-order valence-electron chi connectivity index (χ0n) is 16.2. The molecule has 26 heavy (non-hydrogen) atoms. The normalized spacial score (nSPS) is 30.3. The molecule has 2 aliphatic carbocycles. The lowest BCUT2D eigenvalue weighted by atomic mass is 9.79. The second kappa shape index (κ2) is 6.97. The minimum Gasteiger partial charge on any atom is -0.357 e. The van der Waals surface area contributed by atoms with Crippen LogP contribution in [0.1, 0.15) is 51.0 Å². The highest BCUT2D eigenvalue weighted by atomic mass is 16.5. The maximum Gasteiger partial charge on any atom is 0.254 e. The highest BCUT2D eigenvalue weighted by Gasteiger charge is 2.61. The molecule has 1 saturated heterocycles. The van der Waals surface area contributed by atoms with Crippen molar-refractivity contribution >= 4 is 5.91 Å². The van der Waals surface area contributed by atoms with E-state index >= 15 is 0 Å². The molecule has 1 amide bonds. The average Bonchev–Trinajstić information content (AvgIpc) is 3.44. The second-order valence-electron chi connectivity index (χ2n) is 8.55. The Labute approximate surface area is 157 Å². The van der Waals surface area contributed by atoms with Crippen molar-refractivity contribution in [3.8, 4) is 0 Å². The summed E-state index contributed by atoms with van der Waals surface area (Å²) < 4.78 is 6.51. The number of carbonyl (C=O) groups excluding carboxylic acids is 1.